The van der Waals surface area contributed by atoms with Gasteiger partial charge in [-0.3, -0.25) is 14.1 Å². The molecule has 0 unspecified atom stereocenters. The van der Waals surface area contributed by atoms with Crippen LogP contribution in [0.1, 0.15) is 30.9 Å². The van der Waals surface area contributed by atoms with Crippen LogP contribution in [0.25, 0.3) is 16.6 Å². The Balaban J connectivity index is 1.23. The first-order valence-electron chi connectivity index (χ1n) is 14.1. The molecule has 214 valence electrons. The average Bonchev–Trinajstić information content (AvgIpc) is 3.62. The van der Waals surface area contributed by atoms with Crippen LogP contribution in [0.4, 0.5) is 11.5 Å². The van der Waals surface area contributed by atoms with Crippen molar-refractivity contribution in [3.63, 3.8) is 0 Å². The summed E-state index contributed by atoms with van der Waals surface area (Å²) in [5, 5.41) is 12.2. The molecular formula is C32H33N7O3. The number of carbonyl (C=O) groups excluding carboxylic acids is 1. The number of ether oxygens (including phenoxy) is 2. The molecule has 6 rings (SSSR count). The number of likely N-dealkylation sites (N-methyl/N-ethyl adjacent to an activating group) is 1. The third-order valence-electron chi connectivity index (χ3n) is 7.50. The van der Waals surface area contributed by atoms with Crippen LogP contribution < -0.4 is 14.8 Å². The number of nitrogens with zero attached hydrogens (tertiary/aromatic N) is 6. The zero-order valence-corrected chi connectivity index (χ0v) is 23.9. The summed E-state index contributed by atoms with van der Waals surface area (Å²) in [6.07, 6.45) is 11.2. The van der Waals surface area contributed by atoms with Gasteiger partial charge in [0.05, 0.1) is 12.1 Å². The first kappa shape index (κ1) is 27.3. The lowest BCUT2D eigenvalue weighted by Gasteiger charge is -2.15. The number of nitrogens with one attached hydrogen (secondary N) is 1. The lowest BCUT2D eigenvalue weighted by atomic mass is 10.0. The van der Waals surface area contributed by atoms with Gasteiger partial charge in [-0.2, -0.15) is 0 Å². The Hall–Kier alpha value is -4.83. The number of allylic oxidation sites excluding steroid dienone is 1. The maximum atomic E-state index is 13.0. The van der Waals surface area contributed by atoms with Gasteiger partial charge in [0.2, 0.25) is 0 Å². The maximum absolute atomic E-state index is 13.0. The summed E-state index contributed by atoms with van der Waals surface area (Å²) in [5.41, 5.74) is 4.05. The van der Waals surface area contributed by atoms with Crippen molar-refractivity contribution in [1.82, 2.24) is 29.5 Å². The van der Waals surface area contributed by atoms with E-state index in [9.17, 15) is 4.79 Å². The standard InChI is InChI=1S/C32H33N7O3/c1-4-41-30-18-28-27(16-22(30)15-25(40)9-8-24-6-5-12-38(24)3)32(34-19-33-28)36-23-7-10-29(21(2)14-23)42-26-11-13-39-20-35-37-31(39)17-26/h7-11,13-14,16-20,24H,4-6,12,15H2,1-3H3,(H,33,34,36)/b9-8+/t24-/m1/s1. The summed E-state index contributed by atoms with van der Waals surface area (Å²) in [6.45, 7) is 5.48. The molecule has 1 aliphatic rings. The minimum Gasteiger partial charge on any atom is -0.494 e. The molecule has 0 aliphatic carbocycles. The van der Waals surface area contributed by atoms with E-state index in [0.717, 1.165) is 52.9 Å². The zero-order valence-electron chi connectivity index (χ0n) is 23.9. The number of fused-ring (bicyclic) bond motifs is 2. The van der Waals surface area contributed by atoms with Gasteiger partial charge in [-0.1, -0.05) is 6.08 Å². The van der Waals surface area contributed by atoms with Crippen LogP contribution in [0.15, 0.2) is 73.5 Å². The highest BCUT2D eigenvalue weighted by atomic mass is 16.5. The van der Waals surface area contributed by atoms with Crippen LogP contribution >= 0.6 is 0 Å². The molecule has 0 bridgehead atoms. The zero-order chi connectivity index (χ0) is 29.1. The molecule has 0 radical (unpaired) electrons. The van der Waals surface area contributed by atoms with Gasteiger partial charge in [0.1, 0.15) is 35.7 Å². The minimum atomic E-state index is 0.0383. The van der Waals surface area contributed by atoms with E-state index in [1.165, 1.54) is 6.33 Å². The van der Waals surface area contributed by atoms with E-state index in [2.05, 4.69) is 37.4 Å². The van der Waals surface area contributed by atoms with E-state index in [-0.39, 0.29) is 12.2 Å². The highest BCUT2D eigenvalue weighted by molar-refractivity contribution is 5.96. The van der Waals surface area contributed by atoms with Crippen molar-refractivity contribution in [2.75, 3.05) is 25.5 Å². The summed E-state index contributed by atoms with van der Waals surface area (Å²) < 4.78 is 13.9. The number of aromatic nitrogens is 5. The highest BCUT2D eigenvalue weighted by Gasteiger charge is 2.19. The molecule has 10 heteroatoms. The molecule has 1 saturated heterocycles. The number of pyridine rings is 1. The summed E-state index contributed by atoms with van der Waals surface area (Å²) in [6, 6.07) is 13.7. The number of carbonyl (C=O) groups is 1. The number of aryl methyl sites for hydroxylation is 1. The number of hydrogen-bond acceptors (Lipinski definition) is 9. The van der Waals surface area contributed by atoms with E-state index in [0.29, 0.717) is 35.6 Å². The second-order valence-electron chi connectivity index (χ2n) is 10.5. The molecule has 1 atom stereocenters. The van der Waals surface area contributed by atoms with Crippen LogP contribution in [0.3, 0.4) is 0 Å². The summed E-state index contributed by atoms with van der Waals surface area (Å²) in [5.74, 6) is 2.76. The van der Waals surface area contributed by atoms with Crippen LogP contribution in [-0.2, 0) is 11.2 Å². The molecule has 5 aromatic rings. The predicted octanol–water partition coefficient (Wildman–Crippen LogP) is 5.68. The molecule has 10 nitrogen and oxygen atoms in total. The quantitative estimate of drug-likeness (QED) is 0.215. The third kappa shape index (κ3) is 5.94. The maximum Gasteiger partial charge on any atom is 0.164 e. The van der Waals surface area contributed by atoms with Crippen molar-refractivity contribution in [3.8, 4) is 17.2 Å². The fourth-order valence-electron chi connectivity index (χ4n) is 5.27. The molecule has 4 heterocycles. The summed E-state index contributed by atoms with van der Waals surface area (Å²) >= 11 is 0. The molecule has 1 fully saturated rings. The molecule has 42 heavy (non-hydrogen) atoms. The minimum absolute atomic E-state index is 0.0383. The van der Waals surface area contributed by atoms with Crippen LogP contribution in [-0.4, -0.2) is 61.5 Å². The van der Waals surface area contributed by atoms with Gasteiger partial charge < -0.3 is 14.8 Å². The third-order valence-corrected chi connectivity index (χ3v) is 7.50. The van der Waals surface area contributed by atoms with Gasteiger partial charge in [0.15, 0.2) is 11.4 Å². The number of anilines is 2. The number of benzene rings is 2. The molecular weight excluding hydrogens is 530 g/mol. The molecule has 0 amide bonds. The van der Waals surface area contributed by atoms with E-state index < -0.39 is 0 Å². The van der Waals surface area contributed by atoms with Crippen LogP contribution in [0, 0.1) is 6.92 Å². The Morgan fingerprint density at radius 3 is 2.86 bits per heavy atom. The van der Waals surface area contributed by atoms with Crippen molar-refractivity contribution in [1.29, 1.82) is 0 Å². The molecule has 1 aliphatic heterocycles. The lowest BCUT2D eigenvalue weighted by molar-refractivity contribution is -0.114. The Bertz CT molecular complexity index is 1780. The molecule has 3 aromatic heterocycles. The lowest BCUT2D eigenvalue weighted by Crippen LogP contribution is -2.22. The fraction of sp³-hybridized carbons (Fsp3) is 0.281. The van der Waals surface area contributed by atoms with Crippen LogP contribution in [0.2, 0.25) is 0 Å². The molecule has 0 spiro atoms. The van der Waals surface area contributed by atoms with E-state index in [1.54, 1.807) is 12.4 Å². The van der Waals surface area contributed by atoms with Crippen molar-refractivity contribution in [2.24, 2.45) is 0 Å². The fourth-order valence-corrected chi connectivity index (χ4v) is 5.27. The van der Waals surface area contributed by atoms with Crippen molar-refractivity contribution >= 4 is 33.8 Å². The van der Waals surface area contributed by atoms with Gasteiger partial charge in [0, 0.05) is 47.4 Å². The second kappa shape index (κ2) is 12.0. The molecule has 2 aromatic carbocycles. The largest absolute Gasteiger partial charge is 0.494 e. The second-order valence-corrected chi connectivity index (χ2v) is 10.5. The van der Waals surface area contributed by atoms with E-state index >= 15 is 0 Å². The molecule has 0 saturated carbocycles. The SMILES string of the molecule is CCOc1cc2ncnc(Nc3ccc(Oc4ccn5cnnc5c4)c(C)c3)c2cc1CC(=O)/C=C/[C@H]1CCCN1C. The van der Waals surface area contributed by atoms with Gasteiger partial charge in [-0.25, -0.2) is 9.97 Å². The first-order valence-corrected chi connectivity index (χ1v) is 14.1. The van der Waals surface area contributed by atoms with E-state index in [4.69, 9.17) is 9.47 Å². The van der Waals surface area contributed by atoms with Crippen molar-refractivity contribution in [3.05, 3.63) is 84.6 Å². The summed E-state index contributed by atoms with van der Waals surface area (Å²) in [4.78, 5) is 24.2. The average molecular weight is 564 g/mol. The van der Waals surface area contributed by atoms with Gasteiger partial charge in [0.25, 0.3) is 0 Å². The normalized spacial score (nSPS) is 15.5. The van der Waals surface area contributed by atoms with Crippen molar-refractivity contribution in [2.45, 2.75) is 39.2 Å². The monoisotopic (exact) mass is 563 g/mol. The first-order chi connectivity index (χ1) is 20.5. The molecule has 1 N–H and O–H groups in total. The summed E-state index contributed by atoms with van der Waals surface area (Å²) in [7, 11) is 2.10. The topological polar surface area (TPSA) is 107 Å². The number of rotatable bonds is 10. The smallest absolute Gasteiger partial charge is 0.164 e. The van der Waals surface area contributed by atoms with Gasteiger partial charge in [-0.15, -0.1) is 10.2 Å². The van der Waals surface area contributed by atoms with Crippen LogP contribution in [0.5, 0.6) is 17.2 Å². The van der Waals surface area contributed by atoms with Crippen molar-refractivity contribution < 1.29 is 14.3 Å². The number of ketones is 1. The van der Waals surface area contributed by atoms with Gasteiger partial charge in [-0.05, 0) is 82.3 Å². The highest BCUT2D eigenvalue weighted by Crippen LogP contribution is 2.33. The number of hydrogen-bond donors (Lipinski definition) is 1. The Labute approximate surface area is 244 Å². The Kier molecular flexibility index (Phi) is 7.78. The number of likely N-dealkylation sites (tertiary alicyclic amines) is 1. The Morgan fingerprint density at radius 2 is 2.05 bits per heavy atom. The van der Waals surface area contributed by atoms with E-state index in [1.807, 2.05) is 73.0 Å². The predicted molar refractivity (Wildman–Crippen MR) is 162 cm³/mol. The Morgan fingerprint density at radius 1 is 1.14 bits per heavy atom. The van der Waals surface area contributed by atoms with Gasteiger partial charge >= 0.3 is 0 Å².